The van der Waals surface area contributed by atoms with Crippen LogP contribution < -0.4 is 0 Å². The molecule has 0 amide bonds. The summed E-state index contributed by atoms with van der Waals surface area (Å²) in [6.45, 7) is 1.91. The maximum atomic E-state index is 11.0. The average molecular weight is 294 g/mol. The number of hydrogen-bond acceptors (Lipinski definition) is 4. The highest BCUT2D eigenvalue weighted by Crippen LogP contribution is 2.35. The lowest BCUT2D eigenvalue weighted by Gasteiger charge is -2.00. The number of fused-ring (bicyclic) bond motifs is 1. The van der Waals surface area contributed by atoms with Gasteiger partial charge < -0.3 is 5.11 Å². The zero-order chi connectivity index (χ0) is 13.6. The third-order valence-corrected chi connectivity index (χ3v) is 4.44. The lowest BCUT2D eigenvalue weighted by atomic mass is 10.3. The first kappa shape index (κ1) is 12.1. The van der Waals surface area contributed by atoms with E-state index in [0.29, 0.717) is 16.5 Å². The number of carboxylic acid groups (broad SMARTS) is 1. The van der Waals surface area contributed by atoms with Crippen LogP contribution in [0.4, 0.5) is 0 Å². The zero-order valence-corrected chi connectivity index (χ0v) is 11.4. The molecule has 3 rings (SSSR count). The zero-order valence-electron chi connectivity index (χ0n) is 9.79. The smallest absolute Gasteiger partial charge is 0.337 e. The summed E-state index contributed by atoms with van der Waals surface area (Å²) in [6.07, 6.45) is 1.50. The number of hydrogen-bond donors (Lipinski definition) is 1. The van der Waals surface area contributed by atoms with Crippen LogP contribution in [0.3, 0.4) is 0 Å². The second-order valence-electron chi connectivity index (χ2n) is 4.04. The second kappa shape index (κ2) is 4.32. The van der Waals surface area contributed by atoms with Crippen LogP contribution in [-0.4, -0.2) is 25.7 Å². The average Bonchev–Trinajstić information content (AvgIpc) is 2.94. The van der Waals surface area contributed by atoms with Crippen molar-refractivity contribution in [3.05, 3.63) is 39.9 Å². The molecule has 3 aromatic heterocycles. The topological polar surface area (TPSA) is 67.5 Å². The van der Waals surface area contributed by atoms with Gasteiger partial charge in [-0.3, -0.25) is 4.40 Å². The van der Waals surface area contributed by atoms with E-state index in [0.717, 1.165) is 10.4 Å². The molecule has 0 aliphatic carbocycles. The Bertz CT molecular complexity index is 793. The van der Waals surface area contributed by atoms with Crippen molar-refractivity contribution in [2.45, 2.75) is 6.92 Å². The summed E-state index contributed by atoms with van der Waals surface area (Å²) in [4.78, 5) is 11.8. The van der Waals surface area contributed by atoms with Gasteiger partial charge in [-0.2, -0.15) is 0 Å². The number of thiophene rings is 1. The SMILES string of the molecule is Cc1csc(-c2nnc3ccc(C(=O)O)cn23)c1Cl. The van der Waals surface area contributed by atoms with Gasteiger partial charge in [0, 0.05) is 6.20 Å². The Morgan fingerprint density at radius 1 is 1.42 bits per heavy atom. The molecule has 0 unspecified atom stereocenters. The third-order valence-electron chi connectivity index (χ3n) is 2.75. The molecule has 5 nitrogen and oxygen atoms in total. The number of carboxylic acids is 1. The fraction of sp³-hybridized carbons (Fsp3) is 0.0833. The molecule has 3 aromatic rings. The molecule has 0 aliphatic heterocycles. The number of carbonyl (C=O) groups is 1. The highest BCUT2D eigenvalue weighted by molar-refractivity contribution is 7.14. The van der Waals surface area contributed by atoms with Crippen molar-refractivity contribution < 1.29 is 9.90 Å². The summed E-state index contributed by atoms with van der Waals surface area (Å²) in [5.74, 6) is -0.434. The molecule has 0 saturated heterocycles. The number of pyridine rings is 1. The molecule has 1 N–H and O–H groups in total. The van der Waals surface area contributed by atoms with Crippen LogP contribution in [0.2, 0.25) is 5.02 Å². The van der Waals surface area contributed by atoms with E-state index < -0.39 is 5.97 Å². The van der Waals surface area contributed by atoms with Gasteiger partial charge in [0.05, 0.1) is 15.5 Å². The van der Waals surface area contributed by atoms with Gasteiger partial charge in [-0.1, -0.05) is 11.6 Å². The normalized spacial score (nSPS) is 11.1. The molecule has 19 heavy (non-hydrogen) atoms. The van der Waals surface area contributed by atoms with Crippen LogP contribution >= 0.6 is 22.9 Å². The molecule has 3 heterocycles. The van der Waals surface area contributed by atoms with Crippen LogP contribution in [0.5, 0.6) is 0 Å². The van der Waals surface area contributed by atoms with Gasteiger partial charge in [-0.15, -0.1) is 21.5 Å². The third kappa shape index (κ3) is 1.89. The van der Waals surface area contributed by atoms with Gasteiger partial charge in [-0.05, 0) is 30.0 Å². The number of nitrogens with zero attached hydrogens (tertiary/aromatic N) is 3. The minimum atomic E-state index is -0.991. The predicted molar refractivity (Wildman–Crippen MR) is 73.0 cm³/mol. The van der Waals surface area contributed by atoms with Gasteiger partial charge in [0.1, 0.15) is 0 Å². The largest absolute Gasteiger partial charge is 0.478 e. The first-order valence-corrected chi connectivity index (χ1v) is 6.65. The molecular weight excluding hydrogens is 286 g/mol. The number of aromatic nitrogens is 3. The Kier molecular flexibility index (Phi) is 2.76. The Morgan fingerprint density at radius 2 is 2.21 bits per heavy atom. The van der Waals surface area contributed by atoms with E-state index in [1.807, 2.05) is 12.3 Å². The molecule has 0 aliphatic rings. The van der Waals surface area contributed by atoms with Crippen molar-refractivity contribution in [2.75, 3.05) is 0 Å². The van der Waals surface area contributed by atoms with Crippen molar-refractivity contribution in [1.29, 1.82) is 0 Å². The number of aryl methyl sites for hydroxylation is 1. The maximum Gasteiger partial charge on any atom is 0.337 e. The molecule has 0 saturated carbocycles. The quantitative estimate of drug-likeness (QED) is 0.788. The highest BCUT2D eigenvalue weighted by Gasteiger charge is 2.16. The first-order valence-electron chi connectivity index (χ1n) is 5.40. The van der Waals surface area contributed by atoms with Gasteiger partial charge in [0.25, 0.3) is 0 Å². The van der Waals surface area contributed by atoms with E-state index in [1.165, 1.54) is 23.6 Å². The molecule has 0 atom stereocenters. The Balaban J connectivity index is 2.27. The van der Waals surface area contributed by atoms with Crippen molar-refractivity contribution in [1.82, 2.24) is 14.6 Å². The van der Waals surface area contributed by atoms with Crippen molar-refractivity contribution >= 4 is 34.6 Å². The number of halogens is 1. The molecule has 0 spiro atoms. The predicted octanol–water partition coefficient (Wildman–Crippen LogP) is 3.12. The van der Waals surface area contributed by atoms with Crippen molar-refractivity contribution in [3.63, 3.8) is 0 Å². The Labute approximate surface area is 117 Å². The monoisotopic (exact) mass is 293 g/mol. The van der Waals surface area contributed by atoms with E-state index in [9.17, 15) is 4.79 Å². The number of rotatable bonds is 2. The van der Waals surface area contributed by atoms with Gasteiger partial charge in [-0.25, -0.2) is 4.79 Å². The van der Waals surface area contributed by atoms with E-state index in [1.54, 1.807) is 10.5 Å². The first-order chi connectivity index (χ1) is 9.08. The fourth-order valence-corrected chi connectivity index (χ4v) is 3.01. The molecule has 0 bridgehead atoms. The van der Waals surface area contributed by atoms with Crippen LogP contribution in [0.25, 0.3) is 16.3 Å². The van der Waals surface area contributed by atoms with E-state index >= 15 is 0 Å². The number of aromatic carboxylic acids is 1. The van der Waals surface area contributed by atoms with E-state index in [-0.39, 0.29) is 5.56 Å². The molecule has 7 heteroatoms. The van der Waals surface area contributed by atoms with Crippen LogP contribution in [0.15, 0.2) is 23.7 Å². The molecular formula is C12H8ClN3O2S. The van der Waals surface area contributed by atoms with Gasteiger partial charge in [0.2, 0.25) is 0 Å². The summed E-state index contributed by atoms with van der Waals surface area (Å²) in [5.41, 5.74) is 1.73. The Hall–Kier alpha value is -1.92. The minimum Gasteiger partial charge on any atom is -0.478 e. The lowest BCUT2D eigenvalue weighted by Crippen LogP contribution is -1.99. The molecule has 0 aromatic carbocycles. The fourth-order valence-electron chi connectivity index (χ4n) is 1.75. The summed E-state index contributed by atoms with van der Waals surface area (Å²) < 4.78 is 1.64. The summed E-state index contributed by atoms with van der Waals surface area (Å²) >= 11 is 7.68. The highest BCUT2D eigenvalue weighted by atomic mass is 35.5. The Morgan fingerprint density at radius 3 is 2.84 bits per heavy atom. The minimum absolute atomic E-state index is 0.179. The standard InChI is InChI=1S/C12H8ClN3O2S/c1-6-5-19-10(9(6)13)11-15-14-8-3-2-7(12(17)18)4-16(8)11/h2-5H,1H3,(H,17,18). The summed E-state index contributed by atoms with van der Waals surface area (Å²) in [5, 5.41) is 19.7. The van der Waals surface area contributed by atoms with Gasteiger partial charge in [0.15, 0.2) is 11.5 Å². The van der Waals surface area contributed by atoms with Crippen molar-refractivity contribution in [3.8, 4) is 10.7 Å². The van der Waals surface area contributed by atoms with Gasteiger partial charge >= 0.3 is 5.97 Å². The van der Waals surface area contributed by atoms with Crippen molar-refractivity contribution in [2.24, 2.45) is 0 Å². The van der Waals surface area contributed by atoms with E-state index in [4.69, 9.17) is 16.7 Å². The maximum absolute atomic E-state index is 11.0. The van der Waals surface area contributed by atoms with E-state index in [2.05, 4.69) is 10.2 Å². The molecule has 0 radical (unpaired) electrons. The second-order valence-corrected chi connectivity index (χ2v) is 5.29. The molecule has 96 valence electrons. The summed E-state index contributed by atoms with van der Waals surface area (Å²) in [7, 11) is 0. The van der Waals surface area contributed by atoms with Crippen LogP contribution in [-0.2, 0) is 0 Å². The van der Waals surface area contributed by atoms with Crippen LogP contribution in [0, 0.1) is 6.92 Å². The lowest BCUT2D eigenvalue weighted by molar-refractivity contribution is 0.0696. The summed E-state index contributed by atoms with van der Waals surface area (Å²) in [6, 6.07) is 3.12. The molecule has 0 fully saturated rings. The van der Waals surface area contributed by atoms with Crippen LogP contribution in [0.1, 0.15) is 15.9 Å².